The average molecular weight is 229 g/mol. The lowest BCUT2D eigenvalue weighted by Crippen LogP contribution is -2.05. The van der Waals surface area contributed by atoms with Gasteiger partial charge in [0.05, 0.1) is 11.2 Å². The minimum Gasteiger partial charge on any atom is -0.249 e. The van der Waals surface area contributed by atoms with Crippen LogP contribution < -0.4 is 0 Å². The highest BCUT2D eigenvalue weighted by molar-refractivity contribution is 5.81. The van der Waals surface area contributed by atoms with Crippen LogP contribution >= 0.6 is 0 Å². The zero-order valence-corrected chi connectivity index (χ0v) is 11.4. The van der Waals surface area contributed by atoms with Gasteiger partial charge < -0.3 is 0 Å². The number of rotatable bonds is 1. The Kier molecular flexibility index (Phi) is 2.86. The van der Waals surface area contributed by atoms with Gasteiger partial charge in [-0.1, -0.05) is 13.8 Å². The Labute approximate surface area is 102 Å². The molecule has 0 saturated heterocycles. The molecule has 0 aliphatic carbocycles. The zero-order valence-electron chi connectivity index (χ0n) is 11.4. The van der Waals surface area contributed by atoms with Crippen LogP contribution in [0.3, 0.4) is 0 Å². The van der Waals surface area contributed by atoms with E-state index >= 15 is 0 Å². The zero-order chi connectivity index (χ0) is 12.7. The van der Waals surface area contributed by atoms with Gasteiger partial charge in [-0.25, -0.2) is 15.0 Å². The summed E-state index contributed by atoms with van der Waals surface area (Å²) in [5.41, 5.74) is 6.58. The number of fused-ring (bicyclic) bond motifs is 1. The smallest absolute Gasteiger partial charge is 0.126 e. The quantitative estimate of drug-likeness (QED) is 0.752. The van der Waals surface area contributed by atoms with E-state index in [1.165, 1.54) is 11.1 Å². The van der Waals surface area contributed by atoms with Gasteiger partial charge in [0.25, 0.3) is 0 Å². The van der Waals surface area contributed by atoms with E-state index in [0.29, 0.717) is 5.92 Å². The van der Waals surface area contributed by atoms with Crippen molar-refractivity contribution in [1.29, 1.82) is 0 Å². The highest BCUT2D eigenvalue weighted by atomic mass is 14.9. The van der Waals surface area contributed by atoms with Gasteiger partial charge in [0.2, 0.25) is 0 Å². The summed E-state index contributed by atoms with van der Waals surface area (Å²) in [5.74, 6) is 1.27. The van der Waals surface area contributed by atoms with E-state index in [0.717, 1.165) is 28.2 Å². The largest absolute Gasteiger partial charge is 0.249 e. The molecule has 2 rings (SSSR count). The highest BCUT2D eigenvalue weighted by Gasteiger charge is 2.15. The van der Waals surface area contributed by atoms with E-state index in [2.05, 4.69) is 42.6 Å². The van der Waals surface area contributed by atoms with E-state index in [9.17, 15) is 0 Å². The Hall–Kier alpha value is -1.51. The van der Waals surface area contributed by atoms with Crippen molar-refractivity contribution in [2.24, 2.45) is 0 Å². The van der Waals surface area contributed by atoms with Crippen molar-refractivity contribution in [3.8, 4) is 0 Å². The monoisotopic (exact) mass is 229 g/mol. The maximum absolute atomic E-state index is 4.63. The van der Waals surface area contributed by atoms with Crippen molar-refractivity contribution in [3.05, 3.63) is 28.3 Å². The van der Waals surface area contributed by atoms with E-state index in [1.54, 1.807) is 0 Å². The lowest BCUT2D eigenvalue weighted by atomic mass is 9.95. The van der Waals surface area contributed by atoms with E-state index in [-0.39, 0.29) is 0 Å². The lowest BCUT2D eigenvalue weighted by Gasteiger charge is -2.15. The molecule has 17 heavy (non-hydrogen) atoms. The number of pyridine rings is 1. The van der Waals surface area contributed by atoms with Crippen LogP contribution in [0, 0.1) is 27.7 Å². The molecule has 3 nitrogen and oxygen atoms in total. The van der Waals surface area contributed by atoms with Crippen molar-refractivity contribution in [2.75, 3.05) is 0 Å². The van der Waals surface area contributed by atoms with Crippen LogP contribution in [0.1, 0.15) is 48.1 Å². The first-order valence-corrected chi connectivity index (χ1v) is 6.04. The summed E-state index contributed by atoms with van der Waals surface area (Å²) in [7, 11) is 0. The summed E-state index contributed by atoms with van der Waals surface area (Å²) in [4.78, 5) is 13.6. The molecule has 0 unspecified atom stereocenters. The Balaban J connectivity index is 2.98. The van der Waals surface area contributed by atoms with Gasteiger partial charge in [0, 0.05) is 5.69 Å². The van der Waals surface area contributed by atoms with E-state index < -0.39 is 0 Å². The van der Waals surface area contributed by atoms with Crippen LogP contribution in [-0.4, -0.2) is 15.0 Å². The summed E-state index contributed by atoms with van der Waals surface area (Å²) in [6.45, 7) is 12.5. The second-order valence-electron chi connectivity index (χ2n) is 4.94. The Morgan fingerprint density at radius 3 is 2.00 bits per heavy atom. The average Bonchev–Trinajstić information content (AvgIpc) is 2.20. The number of aromatic nitrogens is 3. The summed E-state index contributed by atoms with van der Waals surface area (Å²) in [5, 5.41) is 0. The fraction of sp³-hybridized carbons (Fsp3) is 0.500. The molecule has 0 aliphatic heterocycles. The van der Waals surface area contributed by atoms with Crippen LogP contribution in [0.15, 0.2) is 0 Å². The summed E-state index contributed by atoms with van der Waals surface area (Å²) in [6, 6.07) is 0. The Morgan fingerprint density at radius 2 is 1.41 bits per heavy atom. The number of hydrogen-bond donors (Lipinski definition) is 0. The second-order valence-corrected chi connectivity index (χ2v) is 4.94. The predicted molar refractivity (Wildman–Crippen MR) is 70.4 cm³/mol. The molecule has 3 heteroatoms. The Bertz CT molecular complexity index is 586. The highest BCUT2D eigenvalue weighted by Crippen LogP contribution is 2.28. The third kappa shape index (κ3) is 1.90. The molecular formula is C14H19N3. The first kappa shape index (κ1) is 12.0. The normalized spacial score (nSPS) is 11.5. The molecule has 0 spiro atoms. The predicted octanol–water partition coefficient (Wildman–Crippen LogP) is 3.38. The molecule has 2 heterocycles. The number of hydrogen-bond acceptors (Lipinski definition) is 3. The van der Waals surface area contributed by atoms with E-state index in [4.69, 9.17) is 0 Å². The van der Waals surface area contributed by atoms with Gasteiger partial charge in [-0.2, -0.15) is 0 Å². The maximum atomic E-state index is 4.63. The van der Waals surface area contributed by atoms with Crippen LogP contribution in [0.5, 0.6) is 0 Å². The van der Waals surface area contributed by atoms with Gasteiger partial charge in [-0.05, 0) is 44.7 Å². The second kappa shape index (κ2) is 4.06. The lowest BCUT2D eigenvalue weighted by molar-refractivity contribution is 0.851. The minimum absolute atomic E-state index is 0.452. The van der Waals surface area contributed by atoms with Gasteiger partial charge in [-0.15, -0.1) is 0 Å². The molecule has 0 saturated carbocycles. The molecular weight excluding hydrogens is 210 g/mol. The SMILES string of the molecule is Cc1nc(C)c2nc(C)c(C)c(C(C)C)c2n1. The molecule has 0 amide bonds. The van der Waals surface area contributed by atoms with Gasteiger partial charge >= 0.3 is 0 Å². The molecule has 0 N–H and O–H groups in total. The van der Waals surface area contributed by atoms with E-state index in [1.807, 2.05) is 13.8 Å². The molecule has 90 valence electrons. The summed E-state index contributed by atoms with van der Waals surface area (Å²) in [6.07, 6.45) is 0. The van der Waals surface area contributed by atoms with Crippen LogP contribution in [-0.2, 0) is 0 Å². The maximum Gasteiger partial charge on any atom is 0.126 e. The van der Waals surface area contributed by atoms with Crippen molar-refractivity contribution >= 4 is 11.0 Å². The molecule has 0 radical (unpaired) electrons. The summed E-state index contributed by atoms with van der Waals surface area (Å²) >= 11 is 0. The molecule has 2 aromatic rings. The topological polar surface area (TPSA) is 38.7 Å². The number of nitrogens with zero attached hydrogens (tertiary/aromatic N) is 3. The third-order valence-corrected chi connectivity index (χ3v) is 3.23. The van der Waals surface area contributed by atoms with Gasteiger partial charge in [0.15, 0.2) is 0 Å². The fourth-order valence-electron chi connectivity index (χ4n) is 2.36. The van der Waals surface area contributed by atoms with Crippen molar-refractivity contribution in [2.45, 2.75) is 47.5 Å². The minimum atomic E-state index is 0.452. The van der Waals surface area contributed by atoms with Crippen molar-refractivity contribution < 1.29 is 0 Å². The summed E-state index contributed by atoms with van der Waals surface area (Å²) < 4.78 is 0. The molecule has 0 bridgehead atoms. The molecule has 2 aromatic heterocycles. The number of aryl methyl sites for hydroxylation is 3. The first-order valence-electron chi connectivity index (χ1n) is 6.04. The van der Waals surface area contributed by atoms with Gasteiger partial charge in [-0.3, -0.25) is 0 Å². The van der Waals surface area contributed by atoms with Crippen molar-refractivity contribution in [3.63, 3.8) is 0 Å². The van der Waals surface area contributed by atoms with Crippen LogP contribution in [0.2, 0.25) is 0 Å². The molecule has 0 aliphatic rings. The van der Waals surface area contributed by atoms with Gasteiger partial charge in [0.1, 0.15) is 11.3 Å². The Morgan fingerprint density at radius 1 is 0.765 bits per heavy atom. The van der Waals surface area contributed by atoms with Crippen molar-refractivity contribution in [1.82, 2.24) is 15.0 Å². The fourth-order valence-corrected chi connectivity index (χ4v) is 2.36. The third-order valence-electron chi connectivity index (χ3n) is 3.23. The molecule has 0 aromatic carbocycles. The first-order chi connectivity index (χ1) is 7.91. The van der Waals surface area contributed by atoms with Crippen LogP contribution in [0.4, 0.5) is 0 Å². The molecule has 0 fully saturated rings. The van der Waals surface area contributed by atoms with Crippen LogP contribution in [0.25, 0.3) is 11.0 Å². The standard InChI is InChI=1S/C14H19N3/c1-7(2)12-8(3)9(4)16-13-10(5)15-11(6)17-14(12)13/h7H,1-6H3. The molecule has 0 atom stereocenters.